The molecule has 0 spiro atoms. The van der Waals surface area contributed by atoms with Crippen LogP contribution in [-0.2, 0) is 0 Å². The van der Waals surface area contributed by atoms with Crippen molar-refractivity contribution >= 4 is 40.4 Å². The molecule has 1 N–H and O–H groups in total. The van der Waals surface area contributed by atoms with Crippen molar-refractivity contribution < 1.29 is 0 Å². The Morgan fingerprint density at radius 1 is 1.32 bits per heavy atom. The molecular formula is C15H16ClNS2. The van der Waals surface area contributed by atoms with Crippen molar-refractivity contribution in [2.75, 3.05) is 5.32 Å². The first-order valence-corrected chi connectivity index (χ1v) is 8.54. The van der Waals surface area contributed by atoms with Gasteiger partial charge in [0.2, 0.25) is 0 Å². The van der Waals surface area contributed by atoms with E-state index < -0.39 is 0 Å². The number of hydrogen-bond donors (Lipinski definition) is 1. The highest BCUT2D eigenvalue weighted by Crippen LogP contribution is 2.45. The Labute approximate surface area is 127 Å². The van der Waals surface area contributed by atoms with Gasteiger partial charge in [-0.3, -0.25) is 0 Å². The third-order valence-electron chi connectivity index (χ3n) is 3.51. The minimum Gasteiger partial charge on any atom is -0.378 e. The Kier molecular flexibility index (Phi) is 3.79. The van der Waals surface area contributed by atoms with Crippen LogP contribution in [0.3, 0.4) is 0 Å². The molecule has 1 aromatic carbocycles. The van der Waals surface area contributed by atoms with Crippen molar-refractivity contribution in [3.63, 3.8) is 0 Å². The second-order valence-electron chi connectivity index (χ2n) is 4.94. The van der Waals surface area contributed by atoms with E-state index in [0.29, 0.717) is 11.3 Å². The van der Waals surface area contributed by atoms with Gasteiger partial charge in [-0.05, 0) is 48.1 Å². The maximum atomic E-state index is 6.20. The lowest BCUT2D eigenvalue weighted by atomic mass is 10.0. The lowest BCUT2D eigenvalue weighted by Crippen LogP contribution is -2.19. The number of halogens is 1. The maximum absolute atomic E-state index is 6.20. The molecule has 4 heteroatoms. The molecule has 0 radical (unpaired) electrons. The van der Waals surface area contributed by atoms with E-state index >= 15 is 0 Å². The van der Waals surface area contributed by atoms with E-state index in [4.69, 9.17) is 11.6 Å². The van der Waals surface area contributed by atoms with Gasteiger partial charge in [-0.1, -0.05) is 24.6 Å². The molecule has 2 atom stereocenters. The molecular weight excluding hydrogens is 294 g/mol. The molecule has 2 aromatic rings. The summed E-state index contributed by atoms with van der Waals surface area (Å²) >= 11 is 10.0. The van der Waals surface area contributed by atoms with Crippen molar-refractivity contribution in [1.29, 1.82) is 0 Å². The van der Waals surface area contributed by atoms with Gasteiger partial charge in [0.05, 0.1) is 10.3 Å². The molecule has 2 heterocycles. The zero-order valence-corrected chi connectivity index (χ0v) is 13.3. The summed E-state index contributed by atoms with van der Waals surface area (Å²) in [5.41, 5.74) is 3.72. The van der Waals surface area contributed by atoms with Crippen LogP contribution in [0.5, 0.6) is 0 Å². The predicted octanol–water partition coefficient (Wildman–Crippen LogP) is 5.75. The van der Waals surface area contributed by atoms with Gasteiger partial charge in [-0.2, -0.15) is 0 Å². The Bertz CT molecular complexity index is 594. The minimum absolute atomic E-state index is 0.398. The van der Waals surface area contributed by atoms with Gasteiger partial charge in [0.25, 0.3) is 0 Å². The van der Waals surface area contributed by atoms with E-state index in [1.54, 1.807) is 0 Å². The molecule has 0 bridgehead atoms. The molecule has 1 aromatic heterocycles. The van der Waals surface area contributed by atoms with Crippen molar-refractivity contribution in [3.8, 4) is 0 Å². The summed E-state index contributed by atoms with van der Waals surface area (Å²) in [5, 5.41) is 7.34. The summed E-state index contributed by atoms with van der Waals surface area (Å²) < 4.78 is 1.45. The first-order valence-electron chi connectivity index (χ1n) is 6.41. The molecule has 19 heavy (non-hydrogen) atoms. The van der Waals surface area contributed by atoms with E-state index in [2.05, 4.69) is 36.7 Å². The average molecular weight is 310 g/mol. The number of thioether (sulfide) groups is 1. The number of fused-ring (bicyclic) bond motifs is 1. The van der Waals surface area contributed by atoms with Crippen LogP contribution in [0.1, 0.15) is 30.5 Å². The van der Waals surface area contributed by atoms with Crippen LogP contribution in [0, 0.1) is 6.92 Å². The normalized spacial score (nSPS) is 22.1. The van der Waals surface area contributed by atoms with Gasteiger partial charge >= 0.3 is 0 Å². The standard InChI is InChI=1S/C15H16ClNS2/c1-9-8-14(11-6-7-18-15(11)19-9)17-13-5-3-4-12(16)10(13)2/h3-7,9,14,17H,8H2,1-2H3/t9-,14?/m0/s1. The predicted molar refractivity (Wildman–Crippen MR) is 86.8 cm³/mol. The summed E-state index contributed by atoms with van der Waals surface area (Å²) in [6.45, 7) is 4.37. The highest BCUT2D eigenvalue weighted by Gasteiger charge is 2.26. The molecule has 1 aliphatic heterocycles. The molecule has 1 unspecified atom stereocenters. The van der Waals surface area contributed by atoms with Gasteiger partial charge in [-0.15, -0.1) is 23.1 Å². The lowest BCUT2D eigenvalue weighted by molar-refractivity contribution is 0.669. The Morgan fingerprint density at radius 2 is 2.16 bits per heavy atom. The molecule has 0 fully saturated rings. The number of rotatable bonds is 2. The summed E-state index contributed by atoms with van der Waals surface area (Å²) in [6.07, 6.45) is 1.15. The lowest BCUT2D eigenvalue weighted by Gasteiger charge is -2.29. The molecule has 0 amide bonds. The van der Waals surface area contributed by atoms with E-state index in [0.717, 1.165) is 22.7 Å². The fourth-order valence-electron chi connectivity index (χ4n) is 2.44. The van der Waals surface area contributed by atoms with Gasteiger partial charge in [0.15, 0.2) is 0 Å². The minimum atomic E-state index is 0.398. The summed E-state index contributed by atoms with van der Waals surface area (Å²) in [5.74, 6) is 0. The highest BCUT2D eigenvalue weighted by molar-refractivity contribution is 8.01. The van der Waals surface area contributed by atoms with E-state index in [9.17, 15) is 0 Å². The second-order valence-corrected chi connectivity index (χ2v) is 7.97. The molecule has 0 aliphatic carbocycles. The molecule has 1 nitrogen and oxygen atoms in total. The van der Waals surface area contributed by atoms with Gasteiger partial charge in [-0.25, -0.2) is 0 Å². The topological polar surface area (TPSA) is 12.0 Å². The summed E-state index contributed by atoms with van der Waals surface area (Å²) in [6, 6.07) is 8.70. The summed E-state index contributed by atoms with van der Waals surface area (Å²) in [4.78, 5) is 0. The number of hydrogen-bond acceptors (Lipinski definition) is 3. The second kappa shape index (κ2) is 5.39. The first kappa shape index (κ1) is 13.3. The Hall–Kier alpha value is -0.640. The molecule has 100 valence electrons. The fraction of sp³-hybridized carbons (Fsp3) is 0.333. The average Bonchev–Trinajstić information content (AvgIpc) is 2.83. The third-order valence-corrected chi connectivity index (χ3v) is 6.26. The quantitative estimate of drug-likeness (QED) is 0.758. The van der Waals surface area contributed by atoms with Crippen molar-refractivity contribution in [1.82, 2.24) is 0 Å². The van der Waals surface area contributed by atoms with Crippen LogP contribution in [0.25, 0.3) is 0 Å². The first-order chi connectivity index (χ1) is 9.15. The van der Waals surface area contributed by atoms with Crippen LogP contribution in [0.2, 0.25) is 5.02 Å². The molecule has 0 saturated carbocycles. The van der Waals surface area contributed by atoms with Crippen LogP contribution >= 0.6 is 34.7 Å². The van der Waals surface area contributed by atoms with Gasteiger partial charge < -0.3 is 5.32 Å². The largest absolute Gasteiger partial charge is 0.378 e. The summed E-state index contributed by atoms with van der Waals surface area (Å²) in [7, 11) is 0. The zero-order chi connectivity index (χ0) is 13.4. The van der Waals surface area contributed by atoms with Crippen molar-refractivity contribution in [2.24, 2.45) is 0 Å². The van der Waals surface area contributed by atoms with E-state index in [-0.39, 0.29) is 0 Å². The van der Waals surface area contributed by atoms with Crippen LogP contribution < -0.4 is 5.32 Å². The third kappa shape index (κ3) is 2.64. The number of anilines is 1. The van der Waals surface area contributed by atoms with Gasteiger partial charge in [0, 0.05) is 16.0 Å². The highest BCUT2D eigenvalue weighted by atomic mass is 35.5. The Balaban J connectivity index is 1.90. The maximum Gasteiger partial charge on any atom is 0.0653 e. The SMILES string of the molecule is Cc1c(Cl)cccc1NC1C[C@H](C)Sc2sccc21. The smallest absolute Gasteiger partial charge is 0.0653 e. The number of nitrogens with one attached hydrogen (secondary N) is 1. The fourth-order valence-corrected chi connectivity index (χ4v) is 5.18. The van der Waals surface area contributed by atoms with Crippen LogP contribution in [0.4, 0.5) is 5.69 Å². The van der Waals surface area contributed by atoms with Crippen LogP contribution in [0.15, 0.2) is 33.9 Å². The van der Waals surface area contributed by atoms with Gasteiger partial charge in [0.1, 0.15) is 0 Å². The van der Waals surface area contributed by atoms with Crippen molar-refractivity contribution in [3.05, 3.63) is 45.8 Å². The number of benzene rings is 1. The molecule has 3 rings (SSSR count). The van der Waals surface area contributed by atoms with E-state index in [1.807, 2.05) is 35.2 Å². The number of thiophene rings is 1. The monoisotopic (exact) mass is 309 g/mol. The molecule has 0 saturated heterocycles. The van der Waals surface area contributed by atoms with Crippen molar-refractivity contribution in [2.45, 2.75) is 35.8 Å². The van der Waals surface area contributed by atoms with E-state index in [1.165, 1.54) is 9.77 Å². The Morgan fingerprint density at radius 3 is 3.00 bits per heavy atom. The van der Waals surface area contributed by atoms with Crippen LogP contribution in [-0.4, -0.2) is 5.25 Å². The zero-order valence-electron chi connectivity index (χ0n) is 10.9. The molecule has 1 aliphatic rings.